The van der Waals surface area contributed by atoms with Crippen LogP contribution in [0.3, 0.4) is 0 Å². The van der Waals surface area contributed by atoms with Crippen molar-refractivity contribution in [3.05, 3.63) is 45.4 Å². The SMILES string of the molecule is CN(C)c1cc(CN)c(O)c2c1CC1CC3[C@@H](N(C)C)C(O)=C(C(N)=O)C(=O)[C@@]3(O)C(O)=C1C2=O. The molecule has 0 saturated carbocycles. The quantitative estimate of drug-likeness (QED) is 0.307. The minimum absolute atomic E-state index is 0.0389. The molecule has 0 radical (unpaired) electrons. The number of nitrogens with zero attached hydrogens (tertiary/aromatic N) is 2. The number of phenolic OH excluding ortho intramolecular Hbond substituents is 1. The molecule has 4 rings (SSSR count). The van der Waals surface area contributed by atoms with Crippen LogP contribution < -0.4 is 16.4 Å². The van der Waals surface area contributed by atoms with Gasteiger partial charge in [-0.15, -0.1) is 0 Å². The number of benzene rings is 1. The van der Waals surface area contributed by atoms with Gasteiger partial charge in [-0.05, 0) is 44.5 Å². The molecular weight excluding hydrogens is 456 g/mol. The number of primary amides is 1. The van der Waals surface area contributed by atoms with Crippen LogP contribution >= 0.6 is 0 Å². The standard InChI is InChI=1S/C24H30N4O7/c1-27(2)13-7-10(8-25)18(29)15-11(13)5-9-6-12-17(28(3)4)20(31)16(23(26)34)22(33)24(12,35)21(32)14(9)19(15)30/h7,9,12,17,29,31-32,35H,5-6,8,25H2,1-4H3,(H2,26,34)/t9?,12?,17-,24+/m1/s1. The number of aromatic hydroxyl groups is 1. The molecule has 3 aliphatic carbocycles. The van der Waals surface area contributed by atoms with Gasteiger partial charge in [0.05, 0.1) is 11.6 Å². The van der Waals surface area contributed by atoms with E-state index in [1.165, 1.54) is 4.90 Å². The molecule has 188 valence electrons. The minimum Gasteiger partial charge on any atom is -0.510 e. The van der Waals surface area contributed by atoms with Gasteiger partial charge in [0.25, 0.3) is 5.91 Å². The number of aliphatic hydroxyl groups is 3. The summed E-state index contributed by atoms with van der Waals surface area (Å²) in [4.78, 5) is 42.3. The van der Waals surface area contributed by atoms with Gasteiger partial charge in [-0.3, -0.25) is 19.3 Å². The Balaban J connectivity index is 2.00. The van der Waals surface area contributed by atoms with E-state index in [1.54, 1.807) is 39.2 Å². The molecule has 1 aromatic carbocycles. The fourth-order valence-electron chi connectivity index (χ4n) is 5.91. The second kappa shape index (κ2) is 8.08. The van der Waals surface area contributed by atoms with Gasteiger partial charge in [0.15, 0.2) is 11.4 Å². The molecule has 0 aromatic heterocycles. The number of nitrogens with two attached hydrogens (primary N) is 2. The topological polar surface area (TPSA) is 191 Å². The van der Waals surface area contributed by atoms with Crippen LogP contribution in [0, 0.1) is 11.8 Å². The molecule has 11 nitrogen and oxygen atoms in total. The number of anilines is 1. The fraction of sp³-hybridized carbons (Fsp3) is 0.458. The molecule has 0 spiro atoms. The second-order valence-corrected chi connectivity index (χ2v) is 9.82. The Morgan fingerprint density at radius 2 is 1.80 bits per heavy atom. The second-order valence-electron chi connectivity index (χ2n) is 9.82. The summed E-state index contributed by atoms with van der Waals surface area (Å²) in [6.07, 6.45) is 0.262. The monoisotopic (exact) mass is 486 g/mol. The lowest BCUT2D eigenvalue weighted by Gasteiger charge is -2.50. The van der Waals surface area contributed by atoms with E-state index in [1.807, 2.05) is 0 Å². The Hall–Kier alpha value is -3.41. The molecule has 4 atom stereocenters. The summed E-state index contributed by atoms with van der Waals surface area (Å²) < 4.78 is 0. The molecule has 0 heterocycles. The molecule has 0 saturated heterocycles. The third-order valence-electron chi connectivity index (χ3n) is 7.48. The van der Waals surface area contributed by atoms with E-state index in [9.17, 15) is 34.8 Å². The van der Waals surface area contributed by atoms with Crippen molar-refractivity contribution in [2.24, 2.45) is 23.3 Å². The van der Waals surface area contributed by atoms with Gasteiger partial charge in [-0.1, -0.05) is 0 Å². The Morgan fingerprint density at radius 1 is 1.17 bits per heavy atom. The van der Waals surface area contributed by atoms with E-state index >= 15 is 0 Å². The van der Waals surface area contributed by atoms with E-state index in [2.05, 4.69) is 0 Å². The number of fused-ring (bicyclic) bond motifs is 3. The molecule has 8 N–H and O–H groups in total. The highest BCUT2D eigenvalue weighted by molar-refractivity contribution is 6.24. The molecule has 0 fully saturated rings. The van der Waals surface area contributed by atoms with Gasteiger partial charge in [-0.2, -0.15) is 0 Å². The molecule has 35 heavy (non-hydrogen) atoms. The minimum atomic E-state index is -2.66. The highest BCUT2D eigenvalue weighted by atomic mass is 16.3. The van der Waals surface area contributed by atoms with Crippen molar-refractivity contribution in [3.8, 4) is 5.75 Å². The lowest BCUT2D eigenvalue weighted by Crippen LogP contribution is -2.63. The molecule has 1 aromatic rings. The molecule has 3 aliphatic rings. The number of likely N-dealkylation sites (N-methyl/N-ethyl adjacent to an activating group) is 1. The number of hydrogen-bond donors (Lipinski definition) is 6. The van der Waals surface area contributed by atoms with Crippen LogP contribution in [0.5, 0.6) is 5.75 Å². The first-order chi connectivity index (χ1) is 16.3. The van der Waals surface area contributed by atoms with Crippen molar-refractivity contribution in [1.82, 2.24) is 4.90 Å². The lowest BCUT2D eigenvalue weighted by atomic mass is 9.58. The van der Waals surface area contributed by atoms with Crippen molar-refractivity contribution in [2.45, 2.75) is 31.0 Å². The van der Waals surface area contributed by atoms with Crippen molar-refractivity contribution >= 4 is 23.2 Å². The Bertz CT molecular complexity index is 1230. The number of rotatable bonds is 4. The normalized spacial score (nSPS) is 28.1. The number of carbonyl (C=O) groups is 3. The van der Waals surface area contributed by atoms with E-state index in [-0.39, 0.29) is 36.3 Å². The molecule has 2 unspecified atom stereocenters. The third-order valence-corrected chi connectivity index (χ3v) is 7.48. The number of Topliss-reactive ketones (excluding diaryl/α,β-unsaturated/α-hetero) is 2. The summed E-state index contributed by atoms with van der Waals surface area (Å²) in [6.45, 7) is -0.0389. The highest BCUT2D eigenvalue weighted by Crippen LogP contribution is 2.53. The largest absolute Gasteiger partial charge is 0.510 e. The number of allylic oxidation sites excluding steroid dienone is 1. The number of phenols is 1. The average Bonchev–Trinajstić information content (AvgIpc) is 2.75. The Labute approximate surface area is 201 Å². The molecule has 0 bridgehead atoms. The molecule has 0 aliphatic heterocycles. The molecular formula is C24H30N4O7. The predicted octanol–water partition coefficient (Wildman–Crippen LogP) is -0.355. The zero-order valence-corrected chi connectivity index (χ0v) is 20.0. The lowest BCUT2D eigenvalue weighted by molar-refractivity contribution is -0.148. The summed E-state index contributed by atoms with van der Waals surface area (Å²) >= 11 is 0. The number of ketones is 2. The number of aliphatic hydroxyl groups excluding tert-OH is 2. The van der Waals surface area contributed by atoms with Crippen LogP contribution in [0.15, 0.2) is 28.7 Å². The Morgan fingerprint density at radius 3 is 2.31 bits per heavy atom. The molecule has 11 heteroatoms. The average molecular weight is 487 g/mol. The maximum atomic E-state index is 13.7. The van der Waals surface area contributed by atoms with Crippen LogP contribution in [-0.4, -0.2) is 82.6 Å². The van der Waals surface area contributed by atoms with Gasteiger partial charge in [0.2, 0.25) is 5.78 Å². The van der Waals surface area contributed by atoms with Crippen molar-refractivity contribution in [3.63, 3.8) is 0 Å². The first-order valence-corrected chi connectivity index (χ1v) is 11.2. The third kappa shape index (κ3) is 3.19. The summed E-state index contributed by atoms with van der Waals surface area (Å²) in [7, 11) is 6.75. The van der Waals surface area contributed by atoms with Gasteiger partial charge in [-0.25, -0.2) is 0 Å². The van der Waals surface area contributed by atoms with E-state index in [4.69, 9.17) is 11.5 Å². The summed E-state index contributed by atoms with van der Waals surface area (Å²) in [5.74, 6) is -6.74. The molecule has 1 amide bonds. The van der Waals surface area contributed by atoms with Crippen LogP contribution in [0.4, 0.5) is 5.69 Å². The van der Waals surface area contributed by atoms with Crippen molar-refractivity contribution < 1.29 is 34.8 Å². The Kier molecular flexibility index (Phi) is 5.70. The summed E-state index contributed by atoms with van der Waals surface area (Å²) in [5, 5.41) is 44.5. The van der Waals surface area contributed by atoms with Crippen molar-refractivity contribution in [2.75, 3.05) is 33.1 Å². The first kappa shape index (κ1) is 24.7. The van der Waals surface area contributed by atoms with Gasteiger partial charge in [0.1, 0.15) is 22.8 Å². The van der Waals surface area contributed by atoms with Gasteiger partial charge in [0, 0.05) is 43.4 Å². The van der Waals surface area contributed by atoms with Crippen LogP contribution in [0.1, 0.15) is 27.9 Å². The van der Waals surface area contributed by atoms with Crippen LogP contribution in [0.25, 0.3) is 0 Å². The maximum Gasteiger partial charge on any atom is 0.255 e. The van der Waals surface area contributed by atoms with Crippen LogP contribution in [0.2, 0.25) is 0 Å². The highest BCUT2D eigenvalue weighted by Gasteiger charge is 2.63. The smallest absolute Gasteiger partial charge is 0.255 e. The number of hydrogen-bond acceptors (Lipinski definition) is 10. The maximum absolute atomic E-state index is 13.7. The van der Waals surface area contributed by atoms with Gasteiger partial charge < -0.3 is 36.8 Å². The van der Waals surface area contributed by atoms with E-state index in [0.717, 1.165) is 0 Å². The number of carbonyl (C=O) groups excluding carboxylic acids is 3. The van der Waals surface area contributed by atoms with Gasteiger partial charge >= 0.3 is 0 Å². The fourth-order valence-corrected chi connectivity index (χ4v) is 5.91. The predicted molar refractivity (Wildman–Crippen MR) is 126 cm³/mol. The zero-order valence-electron chi connectivity index (χ0n) is 20.0. The van der Waals surface area contributed by atoms with E-state index in [0.29, 0.717) is 16.8 Å². The van der Waals surface area contributed by atoms with Crippen molar-refractivity contribution in [1.29, 1.82) is 0 Å². The first-order valence-electron chi connectivity index (χ1n) is 11.2. The van der Waals surface area contributed by atoms with E-state index < -0.39 is 58.0 Å². The summed E-state index contributed by atoms with van der Waals surface area (Å²) in [6, 6.07) is 0.678. The van der Waals surface area contributed by atoms with Crippen LogP contribution in [-0.2, 0) is 22.6 Å². The number of amides is 1. The summed E-state index contributed by atoms with van der Waals surface area (Å²) in [5.41, 5.74) is 8.94. The zero-order chi connectivity index (χ0) is 26.1.